The molecule has 0 unspecified atom stereocenters. The van der Waals surface area contributed by atoms with Crippen LogP contribution in [0.15, 0.2) is 66.1 Å². The van der Waals surface area contributed by atoms with Crippen LogP contribution in [-0.2, 0) is 14.8 Å². The van der Waals surface area contributed by atoms with Gasteiger partial charge < -0.3 is 10.1 Å². The van der Waals surface area contributed by atoms with E-state index in [-0.39, 0.29) is 34.9 Å². The number of ether oxygens (including phenoxy) is 1. The predicted octanol–water partition coefficient (Wildman–Crippen LogP) is 2.58. The van der Waals surface area contributed by atoms with Gasteiger partial charge in [0.05, 0.1) is 22.8 Å². The molecule has 0 atom stereocenters. The van der Waals surface area contributed by atoms with Gasteiger partial charge >= 0.3 is 5.97 Å². The van der Waals surface area contributed by atoms with Gasteiger partial charge in [0.2, 0.25) is 0 Å². The lowest BCUT2D eigenvalue weighted by Gasteiger charge is -2.12. The molecule has 0 aliphatic rings. The van der Waals surface area contributed by atoms with Crippen LogP contribution in [0.3, 0.4) is 0 Å². The monoisotopic (exact) mass is 388 g/mol. The van der Waals surface area contributed by atoms with Crippen molar-refractivity contribution in [2.45, 2.75) is 11.8 Å². The fourth-order valence-corrected chi connectivity index (χ4v) is 3.36. The lowest BCUT2D eigenvalue weighted by atomic mass is 10.2. The van der Waals surface area contributed by atoms with Crippen LogP contribution in [0.25, 0.3) is 0 Å². The van der Waals surface area contributed by atoms with Crippen molar-refractivity contribution in [3.05, 3.63) is 72.3 Å². The van der Waals surface area contributed by atoms with Crippen LogP contribution in [0, 0.1) is 0 Å². The van der Waals surface area contributed by atoms with Crippen LogP contribution in [0.1, 0.15) is 27.6 Å². The van der Waals surface area contributed by atoms with Gasteiger partial charge in [-0.2, -0.15) is 0 Å². The molecule has 7 nitrogen and oxygen atoms in total. The predicted molar refractivity (Wildman–Crippen MR) is 102 cm³/mol. The highest BCUT2D eigenvalue weighted by Crippen LogP contribution is 2.21. The van der Waals surface area contributed by atoms with Crippen LogP contribution in [-0.4, -0.2) is 33.4 Å². The van der Waals surface area contributed by atoms with E-state index in [4.69, 9.17) is 4.74 Å². The van der Waals surface area contributed by atoms with Gasteiger partial charge in [-0.1, -0.05) is 24.3 Å². The lowest BCUT2D eigenvalue weighted by Crippen LogP contribution is -2.23. The molecule has 27 heavy (non-hydrogen) atoms. The normalized spacial score (nSPS) is 10.7. The Morgan fingerprint density at radius 2 is 1.89 bits per heavy atom. The highest BCUT2D eigenvalue weighted by Gasteiger charge is 2.20. The lowest BCUT2D eigenvalue weighted by molar-refractivity contribution is 0.0527. The molecule has 0 aliphatic heterocycles. The average Bonchev–Trinajstić information content (AvgIpc) is 2.66. The molecule has 0 aromatic heterocycles. The Balaban J connectivity index is 2.32. The molecule has 0 spiro atoms. The van der Waals surface area contributed by atoms with Crippen LogP contribution in [0.5, 0.6) is 0 Å². The summed E-state index contributed by atoms with van der Waals surface area (Å²) in [4.78, 5) is 23.9. The number of rotatable bonds is 8. The minimum atomic E-state index is -4.02. The number of para-hydroxylation sites is 1. The fraction of sp³-hybridized carbons (Fsp3) is 0.158. The molecule has 2 N–H and O–H groups in total. The molecule has 0 bridgehead atoms. The summed E-state index contributed by atoms with van der Waals surface area (Å²) in [5.74, 6) is -1.05. The van der Waals surface area contributed by atoms with Crippen LogP contribution >= 0.6 is 0 Å². The fourth-order valence-electron chi connectivity index (χ4n) is 2.23. The highest BCUT2D eigenvalue weighted by atomic mass is 32.2. The van der Waals surface area contributed by atoms with Gasteiger partial charge in [0.15, 0.2) is 0 Å². The van der Waals surface area contributed by atoms with Crippen molar-refractivity contribution < 1.29 is 22.7 Å². The summed E-state index contributed by atoms with van der Waals surface area (Å²) in [5, 5.41) is 2.58. The molecule has 8 heteroatoms. The van der Waals surface area contributed by atoms with E-state index in [1.165, 1.54) is 42.5 Å². The van der Waals surface area contributed by atoms with E-state index in [1.54, 1.807) is 19.1 Å². The van der Waals surface area contributed by atoms with E-state index in [1.807, 2.05) is 0 Å². The van der Waals surface area contributed by atoms with Crippen molar-refractivity contribution in [1.82, 2.24) is 5.32 Å². The summed E-state index contributed by atoms with van der Waals surface area (Å²) in [5.41, 5.74) is 0.388. The van der Waals surface area contributed by atoms with E-state index in [0.29, 0.717) is 0 Å². The topological polar surface area (TPSA) is 102 Å². The molecule has 2 aromatic rings. The van der Waals surface area contributed by atoms with Crippen molar-refractivity contribution in [2.24, 2.45) is 0 Å². The summed E-state index contributed by atoms with van der Waals surface area (Å²) in [6, 6.07) is 11.7. The Morgan fingerprint density at radius 3 is 2.59 bits per heavy atom. The molecule has 2 rings (SSSR count). The number of nitrogens with one attached hydrogen (secondary N) is 2. The Morgan fingerprint density at radius 1 is 1.15 bits per heavy atom. The van der Waals surface area contributed by atoms with E-state index in [0.717, 1.165) is 0 Å². The number of sulfonamides is 1. The first-order chi connectivity index (χ1) is 12.9. The van der Waals surface area contributed by atoms with E-state index >= 15 is 0 Å². The standard InChI is InChI=1S/C19H20N2O5S/c1-3-12-20-18(22)14-8-7-9-15(13-14)27(24,25)21-17-11-6-5-10-16(17)19(23)26-4-2/h3,5-11,13,21H,1,4,12H2,2H3,(H,20,22). The molecule has 0 saturated carbocycles. The first-order valence-electron chi connectivity index (χ1n) is 8.17. The van der Waals surface area contributed by atoms with Gasteiger partial charge in [0.25, 0.3) is 15.9 Å². The molecule has 1 amide bonds. The maximum absolute atomic E-state index is 12.7. The Hall–Kier alpha value is -3.13. The minimum Gasteiger partial charge on any atom is -0.462 e. The van der Waals surface area contributed by atoms with Gasteiger partial charge in [0, 0.05) is 12.1 Å². The summed E-state index contributed by atoms with van der Waals surface area (Å²) < 4.78 is 32.7. The SMILES string of the molecule is C=CCNC(=O)c1cccc(S(=O)(=O)Nc2ccccc2C(=O)OCC)c1. The Labute approximate surface area is 158 Å². The molecular weight excluding hydrogens is 368 g/mol. The summed E-state index contributed by atoms with van der Waals surface area (Å²) in [6.45, 7) is 5.60. The molecule has 0 radical (unpaired) electrons. The van der Waals surface area contributed by atoms with Crippen LogP contribution in [0.4, 0.5) is 5.69 Å². The van der Waals surface area contributed by atoms with Gasteiger partial charge in [-0.15, -0.1) is 6.58 Å². The highest BCUT2D eigenvalue weighted by molar-refractivity contribution is 7.92. The minimum absolute atomic E-state index is 0.0949. The van der Waals surface area contributed by atoms with Crippen molar-refractivity contribution in [2.75, 3.05) is 17.9 Å². The Kier molecular flexibility index (Phi) is 6.73. The average molecular weight is 388 g/mol. The quantitative estimate of drug-likeness (QED) is 0.535. The van der Waals surface area contributed by atoms with E-state index < -0.39 is 21.9 Å². The summed E-state index contributed by atoms with van der Waals surface area (Å²) in [6.07, 6.45) is 1.52. The van der Waals surface area contributed by atoms with Crippen molar-refractivity contribution in [3.63, 3.8) is 0 Å². The van der Waals surface area contributed by atoms with Gasteiger partial charge in [-0.05, 0) is 37.3 Å². The third-order valence-electron chi connectivity index (χ3n) is 3.48. The number of benzene rings is 2. The zero-order valence-electron chi connectivity index (χ0n) is 14.8. The molecule has 0 fully saturated rings. The maximum Gasteiger partial charge on any atom is 0.340 e. The zero-order chi connectivity index (χ0) is 19.9. The van der Waals surface area contributed by atoms with Crippen LogP contribution < -0.4 is 10.0 Å². The van der Waals surface area contributed by atoms with Crippen molar-refractivity contribution in [3.8, 4) is 0 Å². The number of carbonyl (C=O) groups is 2. The summed E-state index contributed by atoms with van der Waals surface area (Å²) in [7, 11) is -4.02. The smallest absolute Gasteiger partial charge is 0.340 e. The van der Waals surface area contributed by atoms with Gasteiger partial charge in [-0.25, -0.2) is 13.2 Å². The second kappa shape index (κ2) is 9.00. The van der Waals surface area contributed by atoms with E-state index in [9.17, 15) is 18.0 Å². The second-order valence-electron chi connectivity index (χ2n) is 5.40. The number of anilines is 1. The Bertz CT molecular complexity index is 954. The number of hydrogen-bond donors (Lipinski definition) is 2. The van der Waals surface area contributed by atoms with E-state index in [2.05, 4.69) is 16.6 Å². The second-order valence-corrected chi connectivity index (χ2v) is 7.08. The van der Waals surface area contributed by atoms with Crippen LogP contribution in [0.2, 0.25) is 0 Å². The largest absolute Gasteiger partial charge is 0.462 e. The molecule has 0 heterocycles. The number of hydrogen-bond acceptors (Lipinski definition) is 5. The third kappa shape index (κ3) is 5.18. The first-order valence-corrected chi connectivity index (χ1v) is 9.65. The molecule has 2 aromatic carbocycles. The van der Waals surface area contributed by atoms with Gasteiger partial charge in [-0.3, -0.25) is 9.52 Å². The van der Waals surface area contributed by atoms with Crippen molar-refractivity contribution >= 4 is 27.6 Å². The molecular formula is C19H20N2O5S. The third-order valence-corrected chi connectivity index (χ3v) is 4.84. The molecule has 0 saturated heterocycles. The van der Waals surface area contributed by atoms with Gasteiger partial charge in [0.1, 0.15) is 0 Å². The number of amides is 1. The molecule has 142 valence electrons. The maximum atomic E-state index is 12.7. The molecule has 0 aliphatic carbocycles. The summed E-state index contributed by atoms with van der Waals surface area (Å²) >= 11 is 0. The zero-order valence-corrected chi connectivity index (χ0v) is 15.6. The first kappa shape index (κ1) is 20.2. The number of carbonyl (C=O) groups excluding carboxylic acids is 2. The number of esters is 1. The van der Waals surface area contributed by atoms with Crippen molar-refractivity contribution in [1.29, 1.82) is 0 Å².